The van der Waals surface area contributed by atoms with Crippen LogP contribution < -0.4 is 4.74 Å². The van der Waals surface area contributed by atoms with Crippen molar-refractivity contribution in [2.24, 2.45) is 17.8 Å². The molecule has 0 amide bonds. The van der Waals surface area contributed by atoms with Gasteiger partial charge in [-0.15, -0.1) is 0 Å². The van der Waals surface area contributed by atoms with Crippen LogP contribution in [0.15, 0.2) is 48.5 Å². The SMILES string of the molecule is COCCOCOc1cc(C(=O)COC(=O)c2ccccc2)ccc1C12CC3CC(CC(C3)C1)C2. The zero-order chi connectivity index (χ0) is 24.3. The lowest BCUT2D eigenvalue weighted by Crippen LogP contribution is -2.48. The highest BCUT2D eigenvalue weighted by atomic mass is 16.7. The van der Waals surface area contributed by atoms with Crippen LogP contribution >= 0.6 is 0 Å². The van der Waals surface area contributed by atoms with Gasteiger partial charge in [-0.05, 0) is 79.9 Å². The molecule has 4 aliphatic rings. The smallest absolute Gasteiger partial charge is 0.338 e. The number of hydrogen-bond acceptors (Lipinski definition) is 6. The van der Waals surface area contributed by atoms with Crippen molar-refractivity contribution in [2.75, 3.05) is 33.7 Å². The van der Waals surface area contributed by atoms with Crippen molar-refractivity contribution >= 4 is 11.8 Å². The standard InChI is InChI=1S/C29H34O6/c1-32-9-10-33-19-35-27-14-24(26(30)18-34-28(31)23-5-3-2-4-6-23)7-8-25(27)29-15-20-11-21(16-29)13-22(12-20)17-29/h2-8,14,20-22H,9-13,15-19H2,1H3. The number of benzene rings is 2. The summed E-state index contributed by atoms with van der Waals surface area (Å²) in [7, 11) is 1.63. The van der Waals surface area contributed by atoms with Crippen molar-refractivity contribution in [3.05, 3.63) is 65.2 Å². The fourth-order valence-corrected chi connectivity index (χ4v) is 6.87. The van der Waals surface area contributed by atoms with Crippen molar-refractivity contribution in [2.45, 2.75) is 43.9 Å². The first-order valence-corrected chi connectivity index (χ1v) is 12.7. The van der Waals surface area contributed by atoms with Crippen molar-refractivity contribution < 1.29 is 28.5 Å². The van der Waals surface area contributed by atoms with Crippen LogP contribution in [0.25, 0.3) is 0 Å². The molecule has 0 aliphatic heterocycles. The van der Waals surface area contributed by atoms with Gasteiger partial charge in [-0.2, -0.15) is 0 Å². The van der Waals surface area contributed by atoms with Gasteiger partial charge in [0.25, 0.3) is 0 Å². The molecule has 6 rings (SSSR count). The van der Waals surface area contributed by atoms with E-state index >= 15 is 0 Å². The first-order chi connectivity index (χ1) is 17.1. The first-order valence-electron chi connectivity index (χ1n) is 12.7. The lowest BCUT2D eigenvalue weighted by atomic mass is 9.48. The molecule has 0 N–H and O–H groups in total. The van der Waals surface area contributed by atoms with E-state index in [0.29, 0.717) is 30.1 Å². The number of carbonyl (C=O) groups excluding carboxylic acids is 2. The number of hydrogen-bond donors (Lipinski definition) is 0. The van der Waals surface area contributed by atoms with Gasteiger partial charge in [0.1, 0.15) is 5.75 Å². The topological polar surface area (TPSA) is 71.1 Å². The first kappa shape index (κ1) is 24.0. The molecule has 0 atom stereocenters. The highest BCUT2D eigenvalue weighted by Gasteiger charge is 2.52. The fourth-order valence-electron chi connectivity index (χ4n) is 6.87. The Hall–Kier alpha value is -2.70. The summed E-state index contributed by atoms with van der Waals surface area (Å²) in [5, 5.41) is 0. The minimum Gasteiger partial charge on any atom is -0.467 e. The van der Waals surface area contributed by atoms with Crippen LogP contribution in [0.3, 0.4) is 0 Å². The highest BCUT2D eigenvalue weighted by Crippen LogP contribution is 2.61. The molecule has 4 aliphatic carbocycles. The number of ketones is 1. The van der Waals surface area contributed by atoms with Crippen LogP contribution in [-0.2, 0) is 19.6 Å². The molecule has 2 aromatic carbocycles. The molecule has 0 heterocycles. The van der Waals surface area contributed by atoms with Crippen LogP contribution in [0.1, 0.15) is 64.8 Å². The largest absolute Gasteiger partial charge is 0.467 e. The molecular formula is C29H34O6. The number of rotatable bonds is 11. The van der Waals surface area contributed by atoms with Crippen molar-refractivity contribution in [3.8, 4) is 5.75 Å². The fraction of sp³-hybridized carbons (Fsp3) is 0.517. The second-order valence-corrected chi connectivity index (χ2v) is 10.4. The van der Waals surface area contributed by atoms with Gasteiger partial charge in [-0.25, -0.2) is 4.79 Å². The maximum absolute atomic E-state index is 12.9. The molecule has 0 saturated heterocycles. The van der Waals surface area contributed by atoms with E-state index in [1.807, 2.05) is 18.2 Å². The monoisotopic (exact) mass is 478 g/mol. The molecule has 4 saturated carbocycles. The molecule has 0 aromatic heterocycles. The van der Waals surface area contributed by atoms with Gasteiger partial charge in [-0.1, -0.05) is 30.3 Å². The molecule has 4 bridgehead atoms. The summed E-state index contributed by atoms with van der Waals surface area (Å²) < 4.78 is 22.0. The molecular weight excluding hydrogens is 444 g/mol. The number of esters is 1. The Balaban J connectivity index is 1.33. The van der Waals surface area contributed by atoms with E-state index in [1.165, 1.54) is 44.1 Å². The van der Waals surface area contributed by atoms with E-state index in [2.05, 4.69) is 6.07 Å². The molecule has 0 spiro atoms. The number of methoxy groups -OCH3 is 1. The number of Topliss-reactive ketones (excluding diaryl/α,β-unsaturated/α-hetero) is 1. The quantitative estimate of drug-likeness (QED) is 0.192. The Bertz CT molecular complexity index is 1010. The predicted octanol–water partition coefficient (Wildman–Crippen LogP) is 5.19. The number of ether oxygens (including phenoxy) is 4. The van der Waals surface area contributed by atoms with Crippen LogP contribution in [0.5, 0.6) is 5.75 Å². The van der Waals surface area contributed by atoms with Gasteiger partial charge >= 0.3 is 5.97 Å². The van der Waals surface area contributed by atoms with Gasteiger partial charge in [0, 0.05) is 18.2 Å². The Kier molecular flexibility index (Phi) is 7.21. The lowest BCUT2D eigenvalue weighted by molar-refractivity contribution is -0.0190. The zero-order valence-corrected chi connectivity index (χ0v) is 20.4. The summed E-state index contributed by atoms with van der Waals surface area (Å²) in [6.45, 7) is 0.728. The van der Waals surface area contributed by atoms with E-state index in [1.54, 1.807) is 31.4 Å². The van der Waals surface area contributed by atoms with E-state index < -0.39 is 5.97 Å². The molecule has 2 aromatic rings. The molecule has 35 heavy (non-hydrogen) atoms. The third kappa shape index (κ3) is 5.29. The van der Waals surface area contributed by atoms with Crippen molar-refractivity contribution in [3.63, 3.8) is 0 Å². The number of carbonyl (C=O) groups is 2. The van der Waals surface area contributed by atoms with Gasteiger partial charge < -0.3 is 18.9 Å². The van der Waals surface area contributed by atoms with Gasteiger partial charge in [0.05, 0.1) is 18.8 Å². The Morgan fingerprint density at radius 2 is 1.57 bits per heavy atom. The summed E-state index contributed by atoms with van der Waals surface area (Å²) in [5.74, 6) is 2.34. The van der Waals surface area contributed by atoms with Crippen LogP contribution in [0, 0.1) is 17.8 Å². The third-order valence-corrected chi connectivity index (χ3v) is 7.99. The second-order valence-electron chi connectivity index (χ2n) is 10.4. The maximum atomic E-state index is 12.9. The second kappa shape index (κ2) is 10.5. The van der Waals surface area contributed by atoms with E-state index in [0.717, 1.165) is 17.8 Å². The predicted molar refractivity (Wildman–Crippen MR) is 131 cm³/mol. The molecule has 6 nitrogen and oxygen atoms in total. The normalized spacial score (nSPS) is 26.5. The lowest BCUT2D eigenvalue weighted by Gasteiger charge is -2.57. The summed E-state index contributed by atoms with van der Waals surface area (Å²) in [6.07, 6.45) is 7.67. The Morgan fingerprint density at radius 1 is 0.886 bits per heavy atom. The summed E-state index contributed by atoms with van der Waals surface area (Å²) in [6, 6.07) is 14.4. The average Bonchev–Trinajstić information content (AvgIpc) is 2.86. The van der Waals surface area contributed by atoms with E-state index in [-0.39, 0.29) is 24.6 Å². The summed E-state index contributed by atoms with van der Waals surface area (Å²) in [5.41, 5.74) is 2.23. The molecule has 186 valence electrons. The third-order valence-electron chi connectivity index (χ3n) is 7.99. The molecule has 0 radical (unpaired) electrons. The maximum Gasteiger partial charge on any atom is 0.338 e. The molecule has 4 fully saturated rings. The summed E-state index contributed by atoms with van der Waals surface area (Å²) in [4.78, 5) is 25.2. The van der Waals surface area contributed by atoms with Crippen molar-refractivity contribution in [1.29, 1.82) is 0 Å². The zero-order valence-electron chi connectivity index (χ0n) is 20.4. The minimum atomic E-state index is -0.507. The van der Waals surface area contributed by atoms with Gasteiger partial charge in [0.2, 0.25) is 0 Å². The summed E-state index contributed by atoms with van der Waals surface area (Å²) >= 11 is 0. The Labute approximate surface area is 206 Å². The highest BCUT2D eigenvalue weighted by molar-refractivity contribution is 5.99. The van der Waals surface area contributed by atoms with Crippen LogP contribution in [-0.4, -0.2) is 45.5 Å². The Morgan fingerprint density at radius 3 is 2.23 bits per heavy atom. The van der Waals surface area contributed by atoms with E-state index in [9.17, 15) is 9.59 Å². The minimum absolute atomic E-state index is 0.101. The molecule has 0 unspecified atom stereocenters. The van der Waals surface area contributed by atoms with Crippen LogP contribution in [0.2, 0.25) is 0 Å². The van der Waals surface area contributed by atoms with Crippen LogP contribution in [0.4, 0.5) is 0 Å². The van der Waals surface area contributed by atoms with E-state index in [4.69, 9.17) is 18.9 Å². The van der Waals surface area contributed by atoms with Crippen molar-refractivity contribution in [1.82, 2.24) is 0 Å². The van der Waals surface area contributed by atoms with Gasteiger partial charge in [0.15, 0.2) is 19.2 Å². The average molecular weight is 479 g/mol. The van der Waals surface area contributed by atoms with Gasteiger partial charge in [-0.3, -0.25) is 4.79 Å². The molecule has 6 heteroatoms.